The lowest BCUT2D eigenvalue weighted by atomic mass is 10.0. The van der Waals surface area contributed by atoms with Crippen molar-refractivity contribution in [1.82, 2.24) is 14.7 Å². The minimum atomic E-state index is -1.07. The third kappa shape index (κ3) is 3.11. The lowest BCUT2D eigenvalue weighted by Crippen LogP contribution is -2.43. The van der Waals surface area contributed by atoms with Gasteiger partial charge in [0.05, 0.1) is 0 Å². The van der Waals surface area contributed by atoms with Gasteiger partial charge in [-0.15, -0.1) is 11.8 Å². The Hall–Kier alpha value is -2.28. The molecule has 136 valence electrons. The van der Waals surface area contributed by atoms with E-state index in [4.69, 9.17) is 0 Å². The molecule has 0 saturated heterocycles. The van der Waals surface area contributed by atoms with Crippen LogP contribution in [0, 0.1) is 0 Å². The van der Waals surface area contributed by atoms with Crippen molar-refractivity contribution < 1.29 is 14.7 Å². The number of carboxylic acid groups (broad SMARTS) is 1. The summed E-state index contributed by atoms with van der Waals surface area (Å²) in [5.74, 6) is -0.219. The van der Waals surface area contributed by atoms with Gasteiger partial charge in [-0.05, 0) is 24.8 Å². The molecule has 0 atom stereocenters. The molecule has 0 spiro atoms. The standard InChI is InChI=1S/C19H21N3O3S/c1-21-16-14(15(20-21)18(24)25)7-10-22(17(16)23)12-19(8-9-19)26-11-13-5-3-2-4-6-13/h2-6H,7-12H2,1H3,(H,24,25). The van der Waals surface area contributed by atoms with Crippen molar-refractivity contribution in [3.63, 3.8) is 0 Å². The van der Waals surface area contributed by atoms with Crippen LogP contribution in [0.2, 0.25) is 0 Å². The van der Waals surface area contributed by atoms with Crippen molar-refractivity contribution in [2.45, 2.75) is 29.8 Å². The smallest absolute Gasteiger partial charge is 0.356 e. The minimum Gasteiger partial charge on any atom is -0.476 e. The van der Waals surface area contributed by atoms with E-state index in [2.05, 4.69) is 17.2 Å². The van der Waals surface area contributed by atoms with E-state index in [0.29, 0.717) is 24.2 Å². The number of benzene rings is 1. The molecule has 0 radical (unpaired) electrons. The monoisotopic (exact) mass is 371 g/mol. The van der Waals surface area contributed by atoms with Crippen molar-refractivity contribution in [3.05, 3.63) is 52.8 Å². The van der Waals surface area contributed by atoms with Crippen molar-refractivity contribution in [3.8, 4) is 0 Å². The average Bonchev–Trinajstić information content (AvgIpc) is 3.31. The normalized spacial score (nSPS) is 17.9. The van der Waals surface area contributed by atoms with Gasteiger partial charge in [-0.25, -0.2) is 4.79 Å². The highest BCUT2D eigenvalue weighted by Crippen LogP contribution is 2.50. The molecule has 0 bridgehead atoms. The van der Waals surface area contributed by atoms with Crippen molar-refractivity contribution in [2.24, 2.45) is 7.05 Å². The highest BCUT2D eigenvalue weighted by Gasteiger charge is 2.46. The molecule has 1 saturated carbocycles. The van der Waals surface area contributed by atoms with Gasteiger partial charge in [0, 0.05) is 36.2 Å². The van der Waals surface area contributed by atoms with Gasteiger partial charge in [-0.2, -0.15) is 5.10 Å². The van der Waals surface area contributed by atoms with Crippen LogP contribution in [-0.2, 0) is 19.2 Å². The lowest BCUT2D eigenvalue weighted by Gasteiger charge is -2.31. The van der Waals surface area contributed by atoms with Gasteiger partial charge in [-0.3, -0.25) is 9.48 Å². The second-order valence-corrected chi connectivity index (χ2v) is 8.48. The summed E-state index contributed by atoms with van der Waals surface area (Å²) in [5.41, 5.74) is 2.31. The number of nitrogens with zero attached hydrogens (tertiary/aromatic N) is 3. The summed E-state index contributed by atoms with van der Waals surface area (Å²) >= 11 is 1.92. The number of carbonyl (C=O) groups is 2. The van der Waals surface area contributed by atoms with Crippen molar-refractivity contribution >= 4 is 23.6 Å². The Bertz CT molecular complexity index is 858. The average molecular weight is 371 g/mol. The molecule has 1 aliphatic carbocycles. The number of carbonyl (C=O) groups excluding carboxylic acids is 1. The third-order valence-corrected chi connectivity index (χ3v) is 6.77. The summed E-state index contributed by atoms with van der Waals surface area (Å²) in [6, 6.07) is 10.4. The first-order valence-corrected chi connectivity index (χ1v) is 9.74. The van der Waals surface area contributed by atoms with Gasteiger partial charge in [0.25, 0.3) is 5.91 Å². The molecule has 1 N–H and O–H groups in total. The molecule has 1 aromatic heterocycles. The van der Waals surface area contributed by atoms with E-state index in [1.54, 1.807) is 7.05 Å². The number of rotatable bonds is 6. The lowest BCUT2D eigenvalue weighted by molar-refractivity contribution is 0.0688. The Balaban J connectivity index is 1.46. The van der Waals surface area contributed by atoms with E-state index in [1.807, 2.05) is 34.9 Å². The maximum atomic E-state index is 12.9. The van der Waals surface area contributed by atoms with Crippen LogP contribution in [0.1, 0.15) is 44.9 Å². The molecule has 4 rings (SSSR count). The van der Waals surface area contributed by atoms with Crippen LogP contribution >= 0.6 is 11.8 Å². The molecule has 1 aromatic carbocycles. The molecule has 26 heavy (non-hydrogen) atoms. The maximum absolute atomic E-state index is 12.9. The molecule has 6 nitrogen and oxygen atoms in total. The van der Waals surface area contributed by atoms with Crippen molar-refractivity contribution in [1.29, 1.82) is 0 Å². The van der Waals surface area contributed by atoms with Gasteiger partial charge in [0.15, 0.2) is 5.69 Å². The third-order valence-electron chi connectivity index (χ3n) is 5.14. The molecule has 1 aliphatic heterocycles. The number of hydrogen-bond donors (Lipinski definition) is 1. The number of carboxylic acids is 1. The predicted octanol–water partition coefficient (Wildman–Crippen LogP) is 2.58. The first-order valence-electron chi connectivity index (χ1n) is 8.75. The molecule has 0 unspecified atom stereocenters. The topological polar surface area (TPSA) is 75.4 Å². The Morgan fingerprint density at radius 1 is 1.31 bits per heavy atom. The molecular weight excluding hydrogens is 350 g/mol. The molecule has 2 aliphatic rings. The van der Waals surface area contributed by atoms with Gasteiger partial charge in [0.2, 0.25) is 0 Å². The van der Waals surface area contributed by atoms with E-state index in [9.17, 15) is 14.7 Å². The number of aromatic carboxylic acids is 1. The summed E-state index contributed by atoms with van der Waals surface area (Å²) < 4.78 is 1.56. The molecular formula is C19H21N3O3S. The summed E-state index contributed by atoms with van der Waals surface area (Å²) in [5, 5.41) is 13.3. The van der Waals surface area contributed by atoms with Gasteiger partial charge in [-0.1, -0.05) is 30.3 Å². The molecule has 7 heteroatoms. The van der Waals surface area contributed by atoms with Crippen LogP contribution in [0.3, 0.4) is 0 Å². The number of fused-ring (bicyclic) bond motifs is 1. The van der Waals surface area contributed by atoms with Gasteiger partial charge in [0.1, 0.15) is 5.69 Å². The summed E-state index contributed by atoms with van der Waals surface area (Å²) in [4.78, 5) is 26.1. The number of aromatic nitrogens is 2. The first-order chi connectivity index (χ1) is 12.5. The Kier molecular flexibility index (Phi) is 4.26. The van der Waals surface area contributed by atoms with Crippen LogP contribution in [0.15, 0.2) is 30.3 Å². The van der Waals surface area contributed by atoms with E-state index in [-0.39, 0.29) is 16.3 Å². The first kappa shape index (κ1) is 17.1. The zero-order valence-electron chi connectivity index (χ0n) is 14.6. The van der Waals surface area contributed by atoms with E-state index < -0.39 is 5.97 Å². The van der Waals surface area contributed by atoms with Crippen LogP contribution in [-0.4, -0.2) is 49.5 Å². The van der Waals surface area contributed by atoms with Gasteiger partial charge >= 0.3 is 5.97 Å². The highest BCUT2D eigenvalue weighted by atomic mass is 32.2. The fourth-order valence-electron chi connectivity index (χ4n) is 3.54. The summed E-state index contributed by atoms with van der Waals surface area (Å²) in [6.45, 7) is 1.28. The summed E-state index contributed by atoms with van der Waals surface area (Å²) in [7, 11) is 1.64. The molecule has 1 amide bonds. The quantitative estimate of drug-likeness (QED) is 0.845. The number of hydrogen-bond acceptors (Lipinski definition) is 4. The molecule has 2 heterocycles. The minimum absolute atomic E-state index is 0.00934. The van der Waals surface area contributed by atoms with E-state index >= 15 is 0 Å². The number of amides is 1. The highest BCUT2D eigenvalue weighted by molar-refractivity contribution is 8.00. The molecule has 2 aromatic rings. The summed E-state index contributed by atoms with van der Waals surface area (Å²) in [6.07, 6.45) is 2.79. The number of aryl methyl sites for hydroxylation is 1. The van der Waals surface area contributed by atoms with E-state index in [1.165, 1.54) is 10.2 Å². The predicted molar refractivity (Wildman–Crippen MR) is 99.5 cm³/mol. The van der Waals surface area contributed by atoms with E-state index in [0.717, 1.165) is 25.1 Å². The second-order valence-electron chi connectivity index (χ2n) is 7.04. The largest absolute Gasteiger partial charge is 0.476 e. The second kappa shape index (κ2) is 6.46. The maximum Gasteiger partial charge on any atom is 0.356 e. The molecule has 1 fully saturated rings. The van der Waals surface area contributed by atoms with Crippen LogP contribution in [0.5, 0.6) is 0 Å². The van der Waals surface area contributed by atoms with Crippen LogP contribution in [0.25, 0.3) is 0 Å². The SMILES string of the molecule is Cn1nc(C(=O)O)c2c1C(=O)N(CC1(SCc3ccccc3)CC1)CC2. The Morgan fingerprint density at radius 2 is 2.04 bits per heavy atom. The zero-order chi connectivity index (χ0) is 18.3. The Labute approximate surface area is 156 Å². The zero-order valence-corrected chi connectivity index (χ0v) is 15.5. The van der Waals surface area contributed by atoms with Crippen LogP contribution in [0.4, 0.5) is 0 Å². The van der Waals surface area contributed by atoms with Gasteiger partial charge < -0.3 is 10.0 Å². The fourth-order valence-corrected chi connectivity index (χ4v) is 4.84. The van der Waals surface area contributed by atoms with Crippen molar-refractivity contribution in [2.75, 3.05) is 13.1 Å². The fraction of sp³-hybridized carbons (Fsp3) is 0.421. The van der Waals surface area contributed by atoms with Crippen LogP contribution < -0.4 is 0 Å². The number of thioether (sulfide) groups is 1. The Morgan fingerprint density at radius 3 is 2.69 bits per heavy atom.